The fourth-order valence-electron chi connectivity index (χ4n) is 7.28. The summed E-state index contributed by atoms with van der Waals surface area (Å²) in [5.74, 6) is -0.329. The van der Waals surface area contributed by atoms with E-state index in [1.54, 1.807) is 12.2 Å². The van der Waals surface area contributed by atoms with Crippen molar-refractivity contribution in [3.8, 4) is 0 Å². The van der Waals surface area contributed by atoms with E-state index in [1.807, 2.05) is 19.9 Å². The number of ketones is 1. The molecule has 4 aliphatic rings. The van der Waals surface area contributed by atoms with Crippen LogP contribution in [0.2, 0.25) is 0 Å². The maximum atomic E-state index is 13.1. The number of carbonyl (C=O) groups is 1. The number of aliphatic hydroxyl groups is 5. The van der Waals surface area contributed by atoms with E-state index in [9.17, 15) is 30.3 Å². The van der Waals surface area contributed by atoms with Crippen molar-refractivity contribution in [2.75, 3.05) is 0 Å². The van der Waals surface area contributed by atoms with Gasteiger partial charge in [-0.3, -0.25) is 4.79 Å². The van der Waals surface area contributed by atoms with Crippen molar-refractivity contribution in [2.24, 2.45) is 11.3 Å². The highest BCUT2D eigenvalue weighted by molar-refractivity contribution is 5.97. The fourth-order valence-corrected chi connectivity index (χ4v) is 7.28. The van der Waals surface area contributed by atoms with Crippen LogP contribution in [0.15, 0.2) is 30.4 Å². The Labute approximate surface area is 206 Å². The molecule has 3 aliphatic carbocycles. The number of aryl methyl sites for hydroxylation is 1. The van der Waals surface area contributed by atoms with Crippen LogP contribution in [-0.4, -0.2) is 66.6 Å². The topological polar surface area (TPSA) is 127 Å². The smallest absolute Gasteiger partial charge is 0.186 e. The molecule has 0 radical (unpaired) electrons. The van der Waals surface area contributed by atoms with Gasteiger partial charge in [0.2, 0.25) is 0 Å². The van der Waals surface area contributed by atoms with Crippen LogP contribution in [0.25, 0.3) is 0 Å². The average Bonchev–Trinajstić information content (AvgIpc) is 2.79. The third-order valence-electron chi connectivity index (χ3n) is 10.2. The van der Waals surface area contributed by atoms with Crippen LogP contribution < -0.4 is 0 Å². The molecule has 1 saturated heterocycles. The van der Waals surface area contributed by atoms with Gasteiger partial charge in [-0.15, -0.1) is 0 Å². The molecule has 1 unspecified atom stereocenters. The molecule has 0 bridgehead atoms. The lowest BCUT2D eigenvalue weighted by Gasteiger charge is -2.59. The van der Waals surface area contributed by atoms with Crippen LogP contribution in [-0.2, 0) is 16.0 Å². The fraction of sp³-hybridized carbons (Fsp3) is 0.679. The van der Waals surface area contributed by atoms with Crippen molar-refractivity contribution in [2.45, 2.75) is 107 Å². The van der Waals surface area contributed by atoms with Gasteiger partial charge >= 0.3 is 0 Å². The predicted molar refractivity (Wildman–Crippen MR) is 129 cm³/mol. The van der Waals surface area contributed by atoms with E-state index in [2.05, 4.69) is 12.1 Å². The number of carbonyl (C=O) groups excluding carboxylic acids is 1. The van der Waals surface area contributed by atoms with Crippen molar-refractivity contribution in [3.63, 3.8) is 0 Å². The summed E-state index contributed by atoms with van der Waals surface area (Å²) >= 11 is 0. The molecule has 0 amide bonds. The zero-order chi connectivity index (χ0) is 25.6. The number of ether oxygens (including phenoxy) is 1. The average molecular weight is 487 g/mol. The lowest BCUT2D eigenvalue weighted by molar-refractivity contribution is -0.321. The van der Waals surface area contributed by atoms with Gasteiger partial charge in [-0.25, -0.2) is 0 Å². The SMILES string of the molecule is C[C@@H](c1ccc2c(c1)CC[C@H]1[C@H]2C[C@@H](O)[C@@]2(O)CC=CC(=O)[C@]12C)C1C[C@@](C)(O)[C@](C)(O)[C@@H](O)O1. The molecule has 7 heteroatoms. The first-order chi connectivity index (χ1) is 16.2. The van der Waals surface area contributed by atoms with Gasteiger partial charge in [0, 0.05) is 12.3 Å². The summed E-state index contributed by atoms with van der Waals surface area (Å²) in [6.45, 7) is 6.70. The van der Waals surface area contributed by atoms with Gasteiger partial charge in [0.25, 0.3) is 0 Å². The number of benzene rings is 1. The first-order valence-electron chi connectivity index (χ1n) is 12.8. The minimum absolute atomic E-state index is 0.0255. The summed E-state index contributed by atoms with van der Waals surface area (Å²) in [5.41, 5.74) is -2.46. The summed E-state index contributed by atoms with van der Waals surface area (Å²) in [7, 11) is 0. The largest absolute Gasteiger partial charge is 0.390 e. The van der Waals surface area contributed by atoms with E-state index >= 15 is 0 Å². The van der Waals surface area contributed by atoms with E-state index in [1.165, 1.54) is 13.8 Å². The van der Waals surface area contributed by atoms with Gasteiger partial charge in [0.15, 0.2) is 12.1 Å². The van der Waals surface area contributed by atoms with Gasteiger partial charge in [0.05, 0.1) is 23.2 Å². The second-order valence-corrected chi connectivity index (χ2v) is 12.0. The monoisotopic (exact) mass is 486 g/mol. The Kier molecular flexibility index (Phi) is 5.69. The summed E-state index contributed by atoms with van der Waals surface area (Å²) in [5, 5.41) is 54.1. The molecule has 192 valence electrons. The third kappa shape index (κ3) is 3.36. The number of rotatable bonds is 2. The highest BCUT2D eigenvalue weighted by Gasteiger charge is 2.65. The van der Waals surface area contributed by atoms with E-state index in [4.69, 9.17) is 4.74 Å². The van der Waals surface area contributed by atoms with Crippen molar-refractivity contribution in [1.29, 1.82) is 0 Å². The molecule has 7 nitrogen and oxygen atoms in total. The highest BCUT2D eigenvalue weighted by Crippen LogP contribution is 2.60. The number of hydrogen-bond acceptors (Lipinski definition) is 7. The van der Waals surface area contributed by atoms with Crippen LogP contribution in [0.4, 0.5) is 0 Å². The van der Waals surface area contributed by atoms with Crippen molar-refractivity contribution >= 4 is 5.78 Å². The first-order valence-corrected chi connectivity index (χ1v) is 12.8. The zero-order valence-electron chi connectivity index (χ0n) is 20.9. The van der Waals surface area contributed by atoms with E-state index in [0.29, 0.717) is 6.42 Å². The second kappa shape index (κ2) is 7.94. The Balaban J connectivity index is 1.44. The molecular weight excluding hydrogens is 448 g/mol. The lowest BCUT2D eigenvalue weighted by Crippen LogP contribution is -2.67. The third-order valence-corrected chi connectivity index (χ3v) is 10.2. The van der Waals surface area contributed by atoms with Gasteiger partial charge in [-0.1, -0.05) is 31.2 Å². The summed E-state index contributed by atoms with van der Waals surface area (Å²) in [4.78, 5) is 13.1. The first kappa shape index (κ1) is 25.1. The van der Waals surface area contributed by atoms with Crippen LogP contribution in [0.5, 0.6) is 0 Å². The lowest BCUT2D eigenvalue weighted by atomic mass is 9.47. The molecule has 10 atom stereocenters. The second-order valence-electron chi connectivity index (χ2n) is 12.0. The number of hydrogen-bond donors (Lipinski definition) is 5. The molecule has 1 aliphatic heterocycles. The standard InChI is InChI=1S/C28H38O7/c1-15(21-14-25(2,32)27(4,33)24(31)35-21)16-7-9-18-17(12-16)8-10-20-19(18)13-23(30)28(34)11-5-6-22(29)26(20,28)3/h5-7,9,12,15,19-21,23-24,30-34H,8,10-11,13-14H2,1-4H3/t15-,19-,20-,21?,23+,24-,25+,26-,27+,28-/m0/s1. The van der Waals surface area contributed by atoms with Crippen LogP contribution in [0.1, 0.15) is 81.9 Å². The number of fused-ring (bicyclic) bond motifs is 5. The van der Waals surface area contributed by atoms with Gasteiger partial charge in [-0.2, -0.15) is 0 Å². The molecule has 5 N–H and O–H groups in total. The molecule has 35 heavy (non-hydrogen) atoms. The minimum Gasteiger partial charge on any atom is -0.390 e. The van der Waals surface area contributed by atoms with Crippen LogP contribution >= 0.6 is 0 Å². The molecule has 0 spiro atoms. The number of aliphatic hydroxyl groups excluding tert-OH is 2. The van der Waals surface area contributed by atoms with Crippen molar-refractivity contribution < 1.29 is 35.1 Å². The molecular formula is C28H38O7. The Morgan fingerprint density at radius 1 is 1.11 bits per heavy atom. The maximum Gasteiger partial charge on any atom is 0.186 e. The van der Waals surface area contributed by atoms with E-state index in [0.717, 1.165) is 29.5 Å². The Hall–Kier alpha value is -1.61. The van der Waals surface area contributed by atoms with Crippen molar-refractivity contribution in [3.05, 3.63) is 47.0 Å². The minimum atomic E-state index is -1.76. The Morgan fingerprint density at radius 3 is 2.51 bits per heavy atom. The van der Waals surface area contributed by atoms with Gasteiger partial charge in [-0.05, 0) is 81.1 Å². The molecule has 1 aromatic rings. The van der Waals surface area contributed by atoms with Crippen molar-refractivity contribution in [1.82, 2.24) is 0 Å². The van der Waals surface area contributed by atoms with E-state index in [-0.39, 0.29) is 36.4 Å². The highest BCUT2D eigenvalue weighted by atomic mass is 16.6. The van der Waals surface area contributed by atoms with E-state index < -0.39 is 40.7 Å². The van der Waals surface area contributed by atoms with Crippen LogP contribution in [0.3, 0.4) is 0 Å². The normalized spacial score (nSPS) is 48.0. The molecule has 5 rings (SSSR count). The zero-order valence-corrected chi connectivity index (χ0v) is 20.9. The summed E-state index contributed by atoms with van der Waals surface area (Å²) < 4.78 is 5.73. The molecule has 2 fully saturated rings. The van der Waals surface area contributed by atoms with Gasteiger partial charge in [0.1, 0.15) is 11.2 Å². The van der Waals surface area contributed by atoms with Gasteiger partial charge < -0.3 is 30.3 Å². The molecule has 1 saturated carbocycles. The Morgan fingerprint density at radius 2 is 1.83 bits per heavy atom. The summed E-state index contributed by atoms with van der Waals surface area (Å²) in [6.07, 6.45) is 2.66. The molecule has 1 heterocycles. The predicted octanol–water partition coefficient (Wildman–Crippen LogP) is 2.08. The van der Waals surface area contributed by atoms with Crippen LogP contribution in [0, 0.1) is 11.3 Å². The molecule has 1 aromatic carbocycles. The summed E-state index contributed by atoms with van der Waals surface area (Å²) in [6, 6.07) is 6.21. The Bertz CT molecular complexity index is 1060. The molecule has 0 aromatic heterocycles. The number of allylic oxidation sites excluding steroid dienone is 1. The maximum absolute atomic E-state index is 13.1. The quantitative estimate of drug-likeness (QED) is 0.433.